The summed E-state index contributed by atoms with van der Waals surface area (Å²) in [6, 6.07) is 23.3. The van der Waals surface area contributed by atoms with Crippen LogP contribution in [-0.4, -0.2) is 147 Å². The third kappa shape index (κ3) is 22.8. The van der Waals surface area contributed by atoms with Crippen LogP contribution >= 0.6 is 0 Å². The van der Waals surface area contributed by atoms with Gasteiger partial charge < -0.3 is 44.2 Å². The van der Waals surface area contributed by atoms with Crippen molar-refractivity contribution < 1.29 is 64.1 Å². The summed E-state index contributed by atoms with van der Waals surface area (Å²) in [4.78, 5) is 64.0. The minimum atomic E-state index is -0.603. The minimum absolute atomic E-state index is 0. The number of aliphatic hydroxyl groups is 1. The maximum Gasteiger partial charge on any atom is 1.00 e. The first-order valence-corrected chi connectivity index (χ1v) is 20.7. The second-order valence-electron chi connectivity index (χ2n) is 13.7. The number of ether oxygens (including phenoxy) is 6. The van der Waals surface area contributed by atoms with E-state index in [1.54, 1.807) is 54.6 Å². The van der Waals surface area contributed by atoms with Gasteiger partial charge in [0, 0.05) is 88.2 Å². The van der Waals surface area contributed by atoms with Gasteiger partial charge in [0.1, 0.15) is 12.1 Å². The average molecular weight is 920 g/mol. The van der Waals surface area contributed by atoms with Crippen molar-refractivity contribution in [2.45, 2.75) is 76.5 Å². The van der Waals surface area contributed by atoms with Gasteiger partial charge in [-0.25, -0.2) is 9.59 Å². The summed E-state index contributed by atoms with van der Waals surface area (Å²) in [5, 5.41) is 45.0. The van der Waals surface area contributed by atoms with Gasteiger partial charge in [-0.2, -0.15) is 0 Å². The monoisotopic (exact) mass is 919 g/mol. The third-order valence-electron chi connectivity index (χ3n) is 9.23. The van der Waals surface area contributed by atoms with Crippen LogP contribution in [0.1, 0.15) is 41.5 Å². The van der Waals surface area contributed by atoms with Gasteiger partial charge in [-0.15, -0.1) is 0 Å². The minimum Gasteiger partial charge on any atom is -0.468 e. The number of nitrogens with zero attached hydrogens (tertiary/aromatic N) is 4. The summed E-state index contributed by atoms with van der Waals surface area (Å²) in [6.07, 6.45) is 1.95. The zero-order valence-corrected chi connectivity index (χ0v) is 37.6. The van der Waals surface area contributed by atoms with Gasteiger partial charge in [0.25, 0.3) is 17.1 Å². The number of hydrogen-bond acceptors (Lipinski definition) is 18. The number of aliphatic hydroxyl groups excluding tert-OH is 1. The zero-order valence-electron chi connectivity index (χ0n) is 38.6. The van der Waals surface area contributed by atoms with Gasteiger partial charge in [-0.3, -0.25) is 40.0 Å². The number of nitro benzene ring substituents is 3. The normalized spacial score (nSPS) is 20.1. The van der Waals surface area contributed by atoms with Crippen molar-refractivity contribution in [1.82, 2.24) is 15.5 Å². The number of methoxy groups -OCH3 is 3. The van der Waals surface area contributed by atoms with Crippen LogP contribution in [0.15, 0.2) is 91.0 Å². The van der Waals surface area contributed by atoms with Crippen LogP contribution in [0, 0.1) is 30.3 Å². The summed E-state index contributed by atoms with van der Waals surface area (Å²) in [5.74, 6) is -0.634. The summed E-state index contributed by atoms with van der Waals surface area (Å²) < 4.78 is 30.0. The van der Waals surface area contributed by atoms with Crippen LogP contribution in [0.2, 0.25) is 0 Å². The fourth-order valence-corrected chi connectivity index (χ4v) is 6.15. The highest BCUT2D eigenvalue weighted by atomic mass is 16.6. The van der Waals surface area contributed by atoms with Gasteiger partial charge in [0.2, 0.25) is 0 Å². The molecule has 22 heteroatoms. The lowest BCUT2D eigenvalue weighted by molar-refractivity contribution is -0.385. The molecule has 0 saturated carbocycles. The quantitative estimate of drug-likeness (QED) is 0.0935. The summed E-state index contributed by atoms with van der Waals surface area (Å²) in [5.41, 5.74) is 0.410. The van der Waals surface area contributed by atoms with E-state index in [0.29, 0.717) is 32.3 Å². The molecule has 0 aliphatic carbocycles. The number of amides is 1. The largest absolute Gasteiger partial charge is 1.00 e. The van der Waals surface area contributed by atoms with Crippen LogP contribution in [0.4, 0.5) is 21.9 Å². The van der Waals surface area contributed by atoms with Gasteiger partial charge >= 0.3 is 19.5 Å². The summed E-state index contributed by atoms with van der Waals surface area (Å²) in [6.45, 7) is 10.0. The topological polar surface area (TPSA) is 284 Å². The van der Waals surface area contributed by atoms with E-state index in [-0.39, 0.29) is 55.4 Å². The van der Waals surface area contributed by atoms with Crippen LogP contribution in [0.5, 0.6) is 0 Å². The number of esters is 2. The number of para-hydroxylation sites is 3. The second-order valence-corrected chi connectivity index (χ2v) is 13.7. The molecule has 6 atom stereocenters. The van der Waals surface area contributed by atoms with E-state index in [0.717, 1.165) is 32.5 Å². The molecule has 22 nitrogen and oxygen atoms in total. The summed E-state index contributed by atoms with van der Waals surface area (Å²) >= 11 is 0. The molecule has 3 aromatic rings. The van der Waals surface area contributed by atoms with Crippen LogP contribution in [0.3, 0.4) is 0 Å². The highest BCUT2D eigenvalue weighted by molar-refractivity contribution is 5.82. The molecule has 1 amide bonds. The molecule has 0 radical (unpaired) electrons. The Morgan fingerprint density at radius 1 is 0.615 bits per heavy atom. The molecule has 3 N–H and O–H groups in total. The second kappa shape index (κ2) is 33.4. The standard InChI is InChI=1S/C10H17NO5.C8H15NO3.C7H15NO2.3C6H5NO2/c1-4-16-7-5-8(9(12)14-2)11(6-7)10(13)15-3;1-3-12-6-4-7(9-5-6)8(10)11-2;1-2-10-7-3-6(5-9)8-4-7;3*8-7(9)6-4-2-1-3-5-6/h7-8H,4-6H2,1-3H3;6-7,9H,3-5H2,1-2H3;6-9H,2-5H2,1H3;3*1-5H/p+1. The fourth-order valence-electron chi connectivity index (χ4n) is 6.15. The number of rotatable bonds is 12. The number of carbonyl (C=O) groups is 3. The van der Waals surface area contributed by atoms with Crippen molar-refractivity contribution >= 4 is 35.1 Å². The Labute approximate surface area is 379 Å². The SMILES string of the molecule is CCOC1CC(C(=O)OC)N(C(=O)OC)C1.CCOC1CNC(C(=O)OC)C1.CCOC1CNC(CO)C1.O=[N+]([O-])c1ccccc1.O=[N+]([O-])c1ccccc1.O=[N+]([O-])c1ccccc1.[H+]. The van der Waals surface area contributed by atoms with E-state index < -0.39 is 32.9 Å². The van der Waals surface area contributed by atoms with Crippen molar-refractivity contribution in [3.8, 4) is 0 Å². The van der Waals surface area contributed by atoms with E-state index in [1.807, 2.05) is 20.8 Å². The smallest absolute Gasteiger partial charge is 0.468 e. The lowest BCUT2D eigenvalue weighted by Crippen LogP contribution is -2.41. The third-order valence-corrected chi connectivity index (χ3v) is 9.23. The highest BCUT2D eigenvalue weighted by Crippen LogP contribution is 2.22. The van der Waals surface area contributed by atoms with Gasteiger partial charge in [-0.1, -0.05) is 54.6 Å². The molecule has 3 heterocycles. The van der Waals surface area contributed by atoms with Crippen molar-refractivity contribution in [2.24, 2.45) is 0 Å². The number of carbonyl (C=O) groups excluding carboxylic acids is 3. The van der Waals surface area contributed by atoms with Gasteiger partial charge in [0.15, 0.2) is 0 Å². The number of nitrogens with one attached hydrogen (secondary N) is 2. The van der Waals surface area contributed by atoms with Crippen LogP contribution in [-0.2, 0) is 38.0 Å². The molecular weight excluding hydrogens is 856 g/mol. The number of likely N-dealkylation sites (tertiary alicyclic amines) is 1. The molecule has 65 heavy (non-hydrogen) atoms. The van der Waals surface area contributed by atoms with Crippen molar-refractivity contribution in [2.75, 3.05) is 67.4 Å². The Balaban J connectivity index is 0.000000776. The van der Waals surface area contributed by atoms with E-state index in [2.05, 4.69) is 24.8 Å². The Morgan fingerprint density at radius 3 is 1.35 bits per heavy atom. The maximum atomic E-state index is 11.5. The Kier molecular flexibility index (Phi) is 29.2. The Bertz CT molecular complexity index is 1680. The molecule has 0 bridgehead atoms. The van der Waals surface area contributed by atoms with Gasteiger partial charge in [-0.05, 0) is 27.2 Å². The van der Waals surface area contributed by atoms with E-state index >= 15 is 0 Å². The maximum absolute atomic E-state index is 11.5. The Hall–Kier alpha value is -6.17. The van der Waals surface area contributed by atoms with E-state index in [4.69, 9.17) is 19.3 Å². The first-order chi connectivity index (χ1) is 31.2. The number of nitro groups is 3. The van der Waals surface area contributed by atoms with Gasteiger partial charge in [0.05, 0.1) is 67.6 Å². The molecule has 3 saturated heterocycles. The lowest BCUT2D eigenvalue weighted by atomic mass is 10.2. The predicted octanol–water partition coefficient (Wildman–Crippen LogP) is 4.97. The van der Waals surface area contributed by atoms with Crippen molar-refractivity contribution in [1.29, 1.82) is 0 Å². The molecule has 0 spiro atoms. The molecular formula is C43H63N6O16+. The molecule has 0 aromatic heterocycles. The molecule has 6 unspecified atom stereocenters. The predicted molar refractivity (Wildman–Crippen MR) is 238 cm³/mol. The Morgan fingerprint density at radius 2 is 1.02 bits per heavy atom. The fraction of sp³-hybridized carbons (Fsp3) is 0.512. The van der Waals surface area contributed by atoms with Crippen LogP contribution < -0.4 is 10.6 Å². The average Bonchev–Trinajstić information content (AvgIpc) is 4.11. The van der Waals surface area contributed by atoms with Crippen molar-refractivity contribution in [3.05, 3.63) is 121 Å². The van der Waals surface area contributed by atoms with E-state index in [1.165, 1.54) is 62.6 Å². The molecule has 3 aromatic carbocycles. The number of benzene rings is 3. The lowest BCUT2D eigenvalue weighted by Gasteiger charge is -2.20. The molecule has 3 aliphatic heterocycles. The summed E-state index contributed by atoms with van der Waals surface area (Å²) in [7, 11) is 3.98. The van der Waals surface area contributed by atoms with Crippen LogP contribution in [0.25, 0.3) is 0 Å². The first kappa shape index (κ1) is 56.8. The number of hydrogen-bond donors (Lipinski definition) is 3. The highest BCUT2D eigenvalue weighted by Gasteiger charge is 2.41. The zero-order chi connectivity index (χ0) is 48.6. The van der Waals surface area contributed by atoms with E-state index in [9.17, 15) is 44.7 Å². The molecule has 3 fully saturated rings. The number of non-ortho nitro benzene ring substituents is 3. The molecule has 360 valence electrons. The molecule has 3 aliphatic rings. The molecule has 6 rings (SSSR count). The first-order valence-electron chi connectivity index (χ1n) is 20.7. The van der Waals surface area contributed by atoms with Crippen molar-refractivity contribution in [3.63, 3.8) is 0 Å².